The first-order chi connectivity index (χ1) is 9.15. The second-order valence-electron chi connectivity index (χ2n) is 4.13. The quantitative estimate of drug-likeness (QED) is 0.801. The van der Waals surface area contributed by atoms with E-state index >= 15 is 0 Å². The van der Waals surface area contributed by atoms with E-state index in [4.69, 9.17) is 0 Å². The van der Waals surface area contributed by atoms with Crippen molar-refractivity contribution in [1.82, 2.24) is 19.8 Å². The highest BCUT2D eigenvalue weighted by molar-refractivity contribution is 5.92. The van der Waals surface area contributed by atoms with Crippen LogP contribution >= 0.6 is 0 Å². The lowest BCUT2D eigenvalue weighted by Gasteiger charge is -2.26. The SMILES string of the molecule is C=CCNC(=O)c1cn2c(n1)CN(C(=O)OC)CC2. The molecule has 0 radical (unpaired) electrons. The molecule has 2 heterocycles. The zero-order chi connectivity index (χ0) is 13.8. The zero-order valence-electron chi connectivity index (χ0n) is 10.8. The summed E-state index contributed by atoms with van der Waals surface area (Å²) < 4.78 is 6.55. The van der Waals surface area contributed by atoms with E-state index < -0.39 is 0 Å². The van der Waals surface area contributed by atoms with Crippen LogP contribution in [-0.2, 0) is 17.8 Å². The maximum Gasteiger partial charge on any atom is 0.409 e. The molecule has 1 aromatic heterocycles. The number of hydrogen-bond donors (Lipinski definition) is 1. The van der Waals surface area contributed by atoms with Crippen molar-refractivity contribution in [3.05, 3.63) is 30.4 Å². The van der Waals surface area contributed by atoms with E-state index in [0.717, 1.165) is 0 Å². The summed E-state index contributed by atoms with van der Waals surface area (Å²) in [5, 5.41) is 2.66. The second kappa shape index (κ2) is 5.55. The van der Waals surface area contributed by atoms with Gasteiger partial charge in [0.2, 0.25) is 0 Å². The van der Waals surface area contributed by atoms with Crippen molar-refractivity contribution in [3.8, 4) is 0 Å². The van der Waals surface area contributed by atoms with Crippen LogP contribution in [0, 0.1) is 0 Å². The Morgan fingerprint density at radius 3 is 3.05 bits per heavy atom. The fourth-order valence-corrected chi connectivity index (χ4v) is 1.90. The van der Waals surface area contributed by atoms with Crippen molar-refractivity contribution in [2.45, 2.75) is 13.1 Å². The second-order valence-corrected chi connectivity index (χ2v) is 4.13. The van der Waals surface area contributed by atoms with E-state index in [2.05, 4.69) is 21.6 Å². The van der Waals surface area contributed by atoms with Crippen LogP contribution in [0.3, 0.4) is 0 Å². The molecule has 0 saturated carbocycles. The smallest absolute Gasteiger partial charge is 0.409 e. The van der Waals surface area contributed by atoms with Gasteiger partial charge in [-0.2, -0.15) is 0 Å². The number of carbonyl (C=O) groups excluding carboxylic acids is 2. The van der Waals surface area contributed by atoms with Crippen LogP contribution in [0.5, 0.6) is 0 Å². The fourth-order valence-electron chi connectivity index (χ4n) is 1.90. The Kier molecular flexibility index (Phi) is 3.84. The molecule has 1 aliphatic rings. The first-order valence-corrected chi connectivity index (χ1v) is 5.93. The molecule has 2 amide bonds. The summed E-state index contributed by atoms with van der Waals surface area (Å²) in [4.78, 5) is 29.0. The average Bonchev–Trinajstić information content (AvgIpc) is 2.86. The number of aromatic nitrogens is 2. The zero-order valence-corrected chi connectivity index (χ0v) is 10.8. The summed E-state index contributed by atoms with van der Waals surface area (Å²) in [6.45, 7) is 5.43. The molecule has 0 saturated heterocycles. The Morgan fingerprint density at radius 1 is 1.58 bits per heavy atom. The summed E-state index contributed by atoms with van der Waals surface area (Å²) >= 11 is 0. The molecular weight excluding hydrogens is 248 g/mol. The maximum atomic E-state index is 11.8. The van der Waals surface area contributed by atoms with Crippen LogP contribution in [-0.4, -0.2) is 46.7 Å². The van der Waals surface area contributed by atoms with Gasteiger partial charge in [0.25, 0.3) is 5.91 Å². The molecule has 0 unspecified atom stereocenters. The Bertz CT molecular complexity index is 509. The largest absolute Gasteiger partial charge is 0.453 e. The average molecular weight is 264 g/mol. The summed E-state index contributed by atoms with van der Waals surface area (Å²) in [7, 11) is 1.34. The van der Waals surface area contributed by atoms with Gasteiger partial charge in [-0.1, -0.05) is 6.08 Å². The molecule has 102 valence electrons. The molecule has 1 aliphatic heterocycles. The van der Waals surface area contributed by atoms with E-state index in [1.807, 2.05) is 4.57 Å². The number of ether oxygens (including phenoxy) is 1. The highest BCUT2D eigenvalue weighted by Gasteiger charge is 2.24. The molecule has 0 aromatic carbocycles. The molecule has 0 atom stereocenters. The molecular formula is C12H16N4O3. The van der Waals surface area contributed by atoms with Gasteiger partial charge in [0.15, 0.2) is 0 Å². The molecule has 0 spiro atoms. The Labute approximate surface area is 110 Å². The third-order valence-corrected chi connectivity index (χ3v) is 2.87. The minimum absolute atomic E-state index is 0.244. The molecule has 0 bridgehead atoms. The number of nitrogens with zero attached hydrogens (tertiary/aromatic N) is 3. The van der Waals surface area contributed by atoms with Crippen molar-refractivity contribution in [3.63, 3.8) is 0 Å². The van der Waals surface area contributed by atoms with Gasteiger partial charge >= 0.3 is 6.09 Å². The van der Waals surface area contributed by atoms with Crippen LogP contribution in [0.15, 0.2) is 18.9 Å². The number of methoxy groups -OCH3 is 1. The monoisotopic (exact) mass is 264 g/mol. The minimum atomic E-state index is -0.382. The lowest BCUT2D eigenvalue weighted by atomic mass is 10.4. The first-order valence-electron chi connectivity index (χ1n) is 5.93. The van der Waals surface area contributed by atoms with E-state index in [1.165, 1.54) is 7.11 Å². The van der Waals surface area contributed by atoms with Crippen LogP contribution in [0.2, 0.25) is 0 Å². The molecule has 0 fully saturated rings. The van der Waals surface area contributed by atoms with Crippen molar-refractivity contribution >= 4 is 12.0 Å². The number of imidazole rings is 1. The summed E-state index contributed by atoms with van der Waals surface area (Å²) in [6.07, 6.45) is 2.92. The number of carbonyl (C=O) groups is 2. The van der Waals surface area contributed by atoms with Gasteiger partial charge < -0.3 is 14.6 Å². The number of rotatable bonds is 3. The van der Waals surface area contributed by atoms with E-state index in [9.17, 15) is 9.59 Å². The number of hydrogen-bond acceptors (Lipinski definition) is 4. The number of fused-ring (bicyclic) bond motifs is 1. The molecule has 7 nitrogen and oxygen atoms in total. The van der Waals surface area contributed by atoms with Gasteiger partial charge in [-0.25, -0.2) is 9.78 Å². The molecule has 1 aromatic rings. The minimum Gasteiger partial charge on any atom is -0.453 e. The predicted octanol–water partition coefficient (Wildman–Crippen LogP) is 0.381. The van der Waals surface area contributed by atoms with Gasteiger partial charge in [-0.15, -0.1) is 6.58 Å². The molecule has 7 heteroatoms. The van der Waals surface area contributed by atoms with Crippen molar-refractivity contribution in [2.24, 2.45) is 0 Å². The third-order valence-electron chi connectivity index (χ3n) is 2.87. The highest BCUT2D eigenvalue weighted by Crippen LogP contribution is 2.13. The predicted molar refractivity (Wildman–Crippen MR) is 67.6 cm³/mol. The van der Waals surface area contributed by atoms with Crippen LogP contribution < -0.4 is 5.32 Å². The summed E-state index contributed by atoms with van der Waals surface area (Å²) in [5.41, 5.74) is 0.351. The Hall–Kier alpha value is -2.31. The van der Waals surface area contributed by atoms with E-state index in [-0.39, 0.29) is 12.0 Å². The Morgan fingerprint density at radius 2 is 2.37 bits per heavy atom. The molecule has 0 aliphatic carbocycles. The van der Waals surface area contributed by atoms with Crippen molar-refractivity contribution < 1.29 is 14.3 Å². The van der Waals surface area contributed by atoms with E-state index in [0.29, 0.717) is 37.7 Å². The molecule has 1 N–H and O–H groups in total. The topological polar surface area (TPSA) is 76.5 Å². The third kappa shape index (κ3) is 2.75. The number of nitrogens with one attached hydrogen (secondary N) is 1. The van der Waals surface area contributed by atoms with Crippen molar-refractivity contribution in [2.75, 3.05) is 20.2 Å². The van der Waals surface area contributed by atoms with Gasteiger partial charge in [-0.3, -0.25) is 9.69 Å². The first kappa shape index (κ1) is 13.1. The van der Waals surface area contributed by atoms with Gasteiger partial charge in [0.1, 0.15) is 11.5 Å². The fraction of sp³-hybridized carbons (Fsp3) is 0.417. The molecule has 2 rings (SSSR count). The normalized spacial score (nSPS) is 13.6. The van der Waals surface area contributed by atoms with Gasteiger partial charge in [0, 0.05) is 25.8 Å². The number of amides is 2. The lowest BCUT2D eigenvalue weighted by Crippen LogP contribution is -2.38. The van der Waals surface area contributed by atoms with Crippen LogP contribution in [0.25, 0.3) is 0 Å². The molecule has 19 heavy (non-hydrogen) atoms. The van der Waals surface area contributed by atoms with Gasteiger partial charge in [0.05, 0.1) is 13.7 Å². The van der Waals surface area contributed by atoms with Crippen LogP contribution in [0.4, 0.5) is 4.79 Å². The standard InChI is InChI=1S/C12H16N4O3/c1-3-4-13-11(17)9-7-15-5-6-16(12(18)19-2)8-10(15)14-9/h3,7H,1,4-6,8H2,2H3,(H,13,17). The van der Waals surface area contributed by atoms with Crippen molar-refractivity contribution in [1.29, 1.82) is 0 Å². The Balaban J connectivity index is 2.10. The van der Waals surface area contributed by atoms with Crippen LogP contribution in [0.1, 0.15) is 16.3 Å². The lowest BCUT2D eigenvalue weighted by molar-refractivity contribution is 0.0953. The summed E-state index contributed by atoms with van der Waals surface area (Å²) in [5.74, 6) is 0.437. The highest BCUT2D eigenvalue weighted by atomic mass is 16.5. The van der Waals surface area contributed by atoms with Gasteiger partial charge in [-0.05, 0) is 0 Å². The van der Waals surface area contributed by atoms with E-state index in [1.54, 1.807) is 17.2 Å². The maximum absolute atomic E-state index is 11.8. The summed E-state index contributed by atoms with van der Waals surface area (Å²) in [6, 6.07) is 0.